The average Bonchev–Trinajstić information content (AvgIpc) is 3.45. The fourth-order valence-electron chi connectivity index (χ4n) is 3.07. The number of ether oxygens (including phenoxy) is 2. The van der Waals surface area contributed by atoms with Crippen LogP contribution in [-0.2, 0) is 18.4 Å². The van der Waals surface area contributed by atoms with E-state index in [9.17, 15) is 4.79 Å². The molecule has 2 heterocycles. The molecule has 0 aliphatic heterocycles. The molecular weight excluding hydrogens is 470 g/mol. The number of rotatable bonds is 9. The number of thiazole rings is 1. The predicted molar refractivity (Wildman–Crippen MR) is 135 cm³/mol. The highest BCUT2D eigenvalue weighted by Crippen LogP contribution is 2.27. The first-order valence-corrected chi connectivity index (χ1v) is 12.4. The van der Waals surface area contributed by atoms with Gasteiger partial charge in [-0.3, -0.25) is 4.79 Å². The molecule has 34 heavy (non-hydrogen) atoms. The molecular formula is C24H25N5O3S2. The highest BCUT2D eigenvalue weighted by molar-refractivity contribution is 7.99. The number of aromatic nitrogens is 4. The van der Waals surface area contributed by atoms with Crippen molar-refractivity contribution in [3.05, 3.63) is 64.8 Å². The maximum atomic E-state index is 12.5. The Labute approximate surface area is 206 Å². The molecule has 0 radical (unpaired) electrons. The standard InChI is InChI=1S/C24H25N5O3S2/c1-15-5-6-17(11-16(15)2)20-13-33-23(25-20)26-22(30)14-34-24-28-27-21(29(24)3)12-32-19-9-7-18(31-4)8-10-19/h5-11,13H,12,14H2,1-4H3,(H,25,26,30). The first-order valence-electron chi connectivity index (χ1n) is 10.5. The number of methoxy groups -OCH3 is 1. The maximum absolute atomic E-state index is 12.5. The van der Waals surface area contributed by atoms with Crippen LogP contribution in [0.1, 0.15) is 17.0 Å². The minimum absolute atomic E-state index is 0.148. The minimum atomic E-state index is -0.148. The Morgan fingerprint density at radius 1 is 1.09 bits per heavy atom. The van der Waals surface area contributed by atoms with Gasteiger partial charge in [0.05, 0.1) is 18.6 Å². The van der Waals surface area contributed by atoms with E-state index in [1.807, 2.05) is 47.3 Å². The van der Waals surface area contributed by atoms with Crippen LogP contribution < -0.4 is 14.8 Å². The van der Waals surface area contributed by atoms with Crippen LogP contribution in [0.3, 0.4) is 0 Å². The molecule has 8 nitrogen and oxygen atoms in total. The molecule has 1 N–H and O–H groups in total. The number of carbonyl (C=O) groups is 1. The van der Waals surface area contributed by atoms with E-state index < -0.39 is 0 Å². The second-order valence-corrected chi connectivity index (χ2v) is 9.40. The molecule has 0 fully saturated rings. The lowest BCUT2D eigenvalue weighted by Gasteiger charge is -2.07. The Balaban J connectivity index is 1.29. The Bertz CT molecular complexity index is 1280. The SMILES string of the molecule is COc1ccc(OCc2nnc(SCC(=O)Nc3nc(-c4ccc(C)c(C)c4)cs3)n2C)cc1. The molecule has 0 saturated carbocycles. The Kier molecular flexibility index (Phi) is 7.49. The number of hydrogen-bond donors (Lipinski definition) is 1. The summed E-state index contributed by atoms with van der Waals surface area (Å²) in [6, 6.07) is 13.6. The first-order chi connectivity index (χ1) is 16.4. The molecule has 4 rings (SSSR count). The normalized spacial score (nSPS) is 10.8. The third-order valence-electron chi connectivity index (χ3n) is 5.24. The van der Waals surface area contributed by atoms with Gasteiger partial charge in [0.1, 0.15) is 18.1 Å². The van der Waals surface area contributed by atoms with Crippen molar-refractivity contribution >= 4 is 34.1 Å². The Morgan fingerprint density at radius 3 is 2.59 bits per heavy atom. The molecule has 0 spiro atoms. The van der Waals surface area contributed by atoms with E-state index >= 15 is 0 Å². The van der Waals surface area contributed by atoms with Gasteiger partial charge in [-0.2, -0.15) is 0 Å². The molecule has 10 heteroatoms. The number of nitrogens with zero attached hydrogens (tertiary/aromatic N) is 4. The van der Waals surface area contributed by atoms with Gasteiger partial charge in [-0.1, -0.05) is 23.9 Å². The van der Waals surface area contributed by atoms with Gasteiger partial charge in [0.2, 0.25) is 5.91 Å². The highest BCUT2D eigenvalue weighted by Gasteiger charge is 2.14. The zero-order valence-corrected chi connectivity index (χ0v) is 21.0. The summed E-state index contributed by atoms with van der Waals surface area (Å²) in [7, 11) is 3.47. The topological polar surface area (TPSA) is 91.2 Å². The van der Waals surface area contributed by atoms with E-state index in [2.05, 4.69) is 46.5 Å². The van der Waals surface area contributed by atoms with Crippen molar-refractivity contribution in [2.75, 3.05) is 18.2 Å². The summed E-state index contributed by atoms with van der Waals surface area (Å²) in [6.45, 7) is 4.43. The quantitative estimate of drug-likeness (QED) is 0.331. The van der Waals surface area contributed by atoms with E-state index in [4.69, 9.17) is 9.47 Å². The van der Waals surface area contributed by atoms with E-state index in [1.165, 1.54) is 34.2 Å². The van der Waals surface area contributed by atoms with Gasteiger partial charge >= 0.3 is 0 Å². The zero-order valence-electron chi connectivity index (χ0n) is 19.4. The lowest BCUT2D eigenvalue weighted by atomic mass is 10.1. The number of nitrogens with one attached hydrogen (secondary N) is 1. The van der Waals surface area contributed by atoms with E-state index in [0.29, 0.717) is 21.9 Å². The van der Waals surface area contributed by atoms with Gasteiger partial charge in [0.15, 0.2) is 16.1 Å². The van der Waals surface area contributed by atoms with Gasteiger partial charge in [-0.15, -0.1) is 21.5 Å². The average molecular weight is 496 g/mol. The third kappa shape index (κ3) is 5.75. The fraction of sp³-hybridized carbons (Fsp3) is 0.250. The van der Waals surface area contributed by atoms with Crippen LogP contribution in [0.4, 0.5) is 5.13 Å². The molecule has 0 atom stereocenters. The monoisotopic (exact) mass is 495 g/mol. The first kappa shape index (κ1) is 23.8. The molecule has 1 amide bonds. The van der Waals surface area contributed by atoms with E-state index in [-0.39, 0.29) is 18.3 Å². The Hall–Kier alpha value is -3.37. The summed E-state index contributed by atoms with van der Waals surface area (Å²) in [5.74, 6) is 2.19. The number of amides is 1. The van der Waals surface area contributed by atoms with Crippen LogP contribution in [0, 0.1) is 13.8 Å². The molecule has 2 aromatic heterocycles. The second kappa shape index (κ2) is 10.7. The van der Waals surface area contributed by atoms with Crippen molar-refractivity contribution in [1.82, 2.24) is 19.7 Å². The van der Waals surface area contributed by atoms with Crippen molar-refractivity contribution in [3.8, 4) is 22.8 Å². The van der Waals surface area contributed by atoms with Crippen LogP contribution in [0.5, 0.6) is 11.5 Å². The lowest BCUT2D eigenvalue weighted by molar-refractivity contribution is -0.113. The fourth-order valence-corrected chi connectivity index (χ4v) is 4.53. The van der Waals surface area contributed by atoms with Crippen molar-refractivity contribution in [2.45, 2.75) is 25.6 Å². The summed E-state index contributed by atoms with van der Waals surface area (Å²) in [6.07, 6.45) is 0. The van der Waals surface area contributed by atoms with E-state index in [0.717, 1.165) is 17.0 Å². The smallest absolute Gasteiger partial charge is 0.236 e. The van der Waals surface area contributed by atoms with Gasteiger partial charge in [-0.25, -0.2) is 4.98 Å². The summed E-state index contributed by atoms with van der Waals surface area (Å²) in [5.41, 5.74) is 4.34. The van der Waals surface area contributed by atoms with Crippen molar-refractivity contribution in [1.29, 1.82) is 0 Å². The molecule has 0 unspecified atom stereocenters. The van der Waals surface area contributed by atoms with Crippen LogP contribution in [0.15, 0.2) is 53.0 Å². The van der Waals surface area contributed by atoms with Crippen LogP contribution in [0.2, 0.25) is 0 Å². The molecule has 0 saturated heterocycles. The third-order valence-corrected chi connectivity index (χ3v) is 7.02. The number of hydrogen-bond acceptors (Lipinski definition) is 8. The largest absolute Gasteiger partial charge is 0.497 e. The van der Waals surface area contributed by atoms with Crippen molar-refractivity contribution < 1.29 is 14.3 Å². The van der Waals surface area contributed by atoms with Gasteiger partial charge in [0, 0.05) is 18.0 Å². The number of thioether (sulfide) groups is 1. The maximum Gasteiger partial charge on any atom is 0.236 e. The molecule has 4 aromatic rings. The van der Waals surface area contributed by atoms with Crippen LogP contribution >= 0.6 is 23.1 Å². The van der Waals surface area contributed by atoms with Crippen LogP contribution in [-0.4, -0.2) is 38.5 Å². The highest BCUT2D eigenvalue weighted by atomic mass is 32.2. The van der Waals surface area contributed by atoms with Gasteiger partial charge in [0.25, 0.3) is 0 Å². The second-order valence-electron chi connectivity index (χ2n) is 7.60. The number of anilines is 1. The zero-order chi connectivity index (χ0) is 24.1. The molecule has 0 bridgehead atoms. The molecule has 0 aliphatic carbocycles. The lowest BCUT2D eigenvalue weighted by Crippen LogP contribution is -2.14. The summed E-state index contributed by atoms with van der Waals surface area (Å²) < 4.78 is 12.7. The molecule has 2 aromatic carbocycles. The summed E-state index contributed by atoms with van der Waals surface area (Å²) >= 11 is 2.72. The molecule has 0 aliphatic rings. The van der Waals surface area contributed by atoms with Gasteiger partial charge in [-0.05, 0) is 55.3 Å². The van der Waals surface area contributed by atoms with Gasteiger partial charge < -0.3 is 19.4 Å². The Morgan fingerprint density at radius 2 is 1.85 bits per heavy atom. The van der Waals surface area contributed by atoms with E-state index in [1.54, 1.807) is 7.11 Å². The van der Waals surface area contributed by atoms with Crippen molar-refractivity contribution in [3.63, 3.8) is 0 Å². The number of benzene rings is 2. The minimum Gasteiger partial charge on any atom is -0.497 e. The summed E-state index contributed by atoms with van der Waals surface area (Å²) in [4.78, 5) is 17.0. The van der Waals surface area contributed by atoms with Crippen molar-refractivity contribution in [2.24, 2.45) is 7.05 Å². The molecule has 176 valence electrons. The number of carbonyl (C=O) groups excluding carboxylic acids is 1. The van der Waals surface area contributed by atoms with Crippen LogP contribution in [0.25, 0.3) is 11.3 Å². The predicted octanol–water partition coefficient (Wildman–Crippen LogP) is 4.87. The summed E-state index contributed by atoms with van der Waals surface area (Å²) in [5, 5.41) is 14.4. The number of aryl methyl sites for hydroxylation is 2.